The van der Waals surface area contributed by atoms with Crippen molar-refractivity contribution in [3.8, 4) is 5.69 Å². The Balaban J connectivity index is 1.67. The van der Waals surface area contributed by atoms with E-state index in [2.05, 4.69) is 20.4 Å². The number of nitrogens with one attached hydrogen (secondary N) is 1. The Morgan fingerprint density at radius 2 is 1.80 bits per heavy atom. The smallest absolute Gasteiger partial charge is 0.318 e. The minimum absolute atomic E-state index is 0.0455. The van der Waals surface area contributed by atoms with E-state index in [0.717, 1.165) is 4.57 Å². The Hall–Kier alpha value is -3.79. The van der Waals surface area contributed by atoms with E-state index in [4.69, 9.17) is 11.6 Å². The van der Waals surface area contributed by atoms with Gasteiger partial charge in [-0.25, -0.2) is 19.4 Å². The summed E-state index contributed by atoms with van der Waals surface area (Å²) < 4.78 is 3.77. The molecule has 1 N–H and O–H groups in total. The molecule has 30 heavy (non-hydrogen) atoms. The third kappa shape index (κ3) is 3.26. The van der Waals surface area contributed by atoms with Gasteiger partial charge in [-0.2, -0.15) is 0 Å². The van der Waals surface area contributed by atoms with Crippen LogP contribution in [0.15, 0.2) is 46.1 Å². The number of pyridine rings is 1. The third-order valence-electron chi connectivity index (χ3n) is 4.59. The van der Waals surface area contributed by atoms with Gasteiger partial charge in [0.25, 0.3) is 11.5 Å². The van der Waals surface area contributed by atoms with Crippen molar-refractivity contribution in [2.45, 2.75) is 6.92 Å². The molecule has 0 aliphatic carbocycles. The first-order valence-electron chi connectivity index (χ1n) is 8.83. The van der Waals surface area contributed by atoms with Crippen molar-refractivity contribution >= 4 is 34.2 Å². The number of carbonyl (C=O) groups is 1. The molecule has 1 aromatic carbocycles. The topological polar surface area (TPSA) is 117 Å². The lowest BCUT2D eigenvalue weighted by atomic mass is 10.3. The summed E-state index contributed by atoms with van der Waals surface area (Å²) >= 11 is 5.91. The van der Waals surface area contributed by atoms with E-state index in [9.17, 15) is 14.4 Å². The van der Waals surface area contributed by atoms with Gasteiger partial charge in [0.05, 0.1) is 23.0 Å². The van der Waals surface area contributed by atoms with Gasteiger partial charge < -0.3 is 5.32 Å². The van der Waals surface area contributed by atoms with Crippen LogP contribution in [-0.4, -0.2) is 34.8 Å². The fourth-order valence-corrected chi connectivity index (χ4v) is 3.16. The maximum Gasteiger partial charge on any atom is 0.332 e. The standard InChI is InChI=1S/C19H16ClN7O3/c1-10-22-15(24-27(10)13-6-4-11(20)5-7-13)17(28)23-12-8-14-16(21-9-12)25(2)19(30)26(3)18(14)29/h4-9H,1-3H3,(H,23,28). The molecule has 0 fully saturated rings. The van der Waals surface area contributed by atoms with Gasteiger partial charge in [-0.1, -0.05) is 11.6 Å². The third-order valence-corrected chi connectivity index (χ3v) is 4.85. The maximum atomic E-state index is 12.6. The SMILES string of the molecule is Cc1nc(C(=O)Nc2cnc3c(c2)c(=O)n(C)c(=O)n3C)nn1-c1ccc(Cl)cc1. The summed E-state index contributed by atoms with van der Waals surface area (Å²) in [5, 5.41) is 7.67. The highest BCUT2D eigenvalue weighted by Crippen LogP contribution is 2.16. The first-order valence-corrected chi connectivity index (χ1v) is 9.21. The van der Waals surface area contributed by atoms with Gasteiger partial charge in [-0.15, -0.1) is 5.10 Å². The molecule has 0 spiro atoms. The molecule has 0 aliphatic rings. The van der Waals surface area contributed by atoms with E-state index in [1.807, 2.05) is 0 Å². The summed E-state index contributed by atoms with van der Waals surface area (Å²) in [7, 11) is 2.90. The van der Waals surface area contributed by atoms with Crippen molar-refractivity contribution in [2.75, 3.05) is 5.32 Å². The van der Waals surface area contributed by atoms with Crippen LogP contribution in [0.3, 0.4) is 0 Å². The van der Waals surface area contributed by atoms with E-state index < -0.39 is 17.2 Å². The Morgan fingerprint density at radius 1 is 1.10 bits per heavy atom. The second-order valence-electron chi connectivity index (χ2n) is 6.63. The Labute approximate surface area is 174 Å². The molecule has 0 unspecified atom stereocenters. The van der Waals surface area contributed by atoms with Gasteiger partial charge in [-0.3, -0.25) is 18.7 Å². The number of aryl methyl sites for hydroxylation is 2. The highest BCUT2D eigenvalue weighted by atomic mass is 35.5. The van der Waals surface area contributed by atoms with Crippen LogP contribution in [0.25, 0.3) is 16.7 Å². The lowest BCUT2D eigenvalue weighted by molar-refractivity contribution is 0.101. The molecule has 0 aliphatic heterocycles. The highest BCUT2D eigenvalue weighted by molar-refractivity contribution is 6.30. The molecule has 0 atom stereocenters. The summed E-state index contributed by atoms with van der Waals surface area (Å²) in [5.41, 5.74) is 0.230. The maximum absolute atomic E-state index is 12.6. The second-order valence-corrected chi connectivity index (χ2v) is 7.06. The largest absolute Gasteiger partial charge is 0.332 e. The van der Waals surface area contributed by atoms with Crippen LogP contribution >= 0.6 is 11.6 Å². The van der Waals surface area contributed by atoms with E-state index >= 15 is 0 Å². The second kappa shape index (κ2) is 7.23. The Kier molecular flexibility index (Phi) is 4.70. The molecule has 0 saturated carbocycles. The zero-order valence-electron chi connectivity index (χ0n) is 16.3. The van der Waals surface area contributed by atoms with E-state index in [-0.39, 0.29) is 22.5 Å². The molecule has 0 saturated heterocycles. The summed E-state index contributed by atoms with van der Waals surface area (Å²) in [6.07, 6.45) is 1.36. The van der Waals surface area contributed by atoms with Crippen molar-refractivity contribution in [3.63, 3.8) is 0 Å². The number of aromatic nitrogens is 6. The lowest BCUT2D eigenvalue weighted by Gasteiger charge is -2.08. The zero-order valence-corrected chi connectivity index (χ0v) is 17.0. The van der Waals surface area contributed by atoms with Crippen LogP contribution in [0.4, 0.5) is 5.69 Å². The number of fused-ring (bicyclic) bond motifs is 1. The fraction of sp³-hybridized carbons (Fsp3) is 0.158. The van der Waals surface area contributed by atoms with Gasteiger partial charge in [0.15, 0.2) is 0 Å². The van der Waals surface area contributed by atoms with Gasteiger partial charge in [-0.05, 0) is 37.3 Å². The zero-order chi connectivity index (χ0) is 21.6. The minimum Gasteiger partial charge on any atom is -0.318 e. The molecule has 4 rings (SSSR count). The van der Waals surface area contributed by atoms with Crippen LogP contribution in [0.2, 0.25) is 5.02 Å². The fourth-order valence-electron chi connectivity index (χ4n) is 3.03. The quantitative estimate of drug-likeness (QED) is 0.530. The first kappa shape index (κ1) is 19.5. The van der Waals surface area contributed by atoms with Crippen LogP contribution in [0.1, 0.15) is 16.4 Å². The van der Waals surface area contributed by atoms with E-state index in [0.29, 0.717) is 16.5 Å². The number of nitrogens with zero attached hydrogens (tertiary/aromatic N) is 6. The number of rotatable bonds is 3. The highest BCUT2D eigenvalue weighted by Gasteiger charge is 2.17. The normalized spacial score (nSPS) is 11.1. The summed E-state index contributed by atoms with van der Waals surface area (Å²) in [6, 6.07) is 8.42. The van der Waals surface area contributed by atoms with Gasteiger partial charge >= 0.3 is 5.69 Å². The van der Waals surface area contributed by atoms with Crippen LogP contribution in [0, 0.1) is 6.92 Å². The molecular formula is C19H16ClN7O3. The molecule has 3 heterocycles. The van der Waals surface area contributed by atoms with Gasteiger partial charge in [0.2, 0.25) is 5.82 Å². The molecule has 10 nitrogen and oxygen atoms in total. The van der Waals surface area contributed by atoms with Gasteiger partial charge in [0.1, 0.15) is 11.5 Å². The molecule has 4 aromatic rings. The molecular weight excluding hydrogens is 410 g/mol. The predicted octanol–water partition coefficient (Wildman–Crippen LogP) is 1.43. The Morgan fingerprint density at radius 3 is 2.50 bits per heavy atom. The molecule has 0 radical (unpaired) electrons. The van der Waals surface area contributed by atoms with Crippen LogP contribution in [0.5, 0.6) is 0 Å². The monoisotopic (exact) mass is 425 g/mol. The van der Waals surface area contributed by atoms with Crippen molar-refractivity contribution < 1.29 is 4.79 Å². The summed E-state index contributed by atoms with van der Waals surface area (Å²) in [6.45, 7) is 1.72. The van der Waals surface area contributed by atoms with Crippen molar-refractivity contribution in [1.82, 2.24) is 28.9 Å². The van der Waals surface area contributed by atoms with Crippen molar-refractivity contribution in [1.29, 1.82) is 0 Å². The average Bonchev–Trinajstić information content (AvgIpc) is 3.13. The molecule has 0 bridgehead atoms. The predicted molar refractivity (Wildman–Crippen MR) is 111 cm³/mol. The summed E-state index contributed by atoms with van der Waals surface area (Å²) in [5.74, 6) is -0.0903. The van der Waals surface area contributed by atoms with Crippen LogP contribution in [-0.2, 0) is 14.1 Å². The number of anilines is 1. The van der Waals surface area contributed by atoms with Crippen molar-refractivity contribution in [3.05, 3.63) is 74.0 Å². The number of hydrogen-bond donors (Lipinski definition) is 1. The molecule has 1 amide bonds. The van der Waals surface area contributed by atoms with Gasteiger partial charge in [0, 0.05) is 19.1 Å². The first-order chi connectivity index (χ1) is 14.3. The minimum atomic E-state index is -0.561. The number of hydrogen-bond acceptors (Lipinski definition) is 6. The number of halogens is 1. The van der Waals surface area contributed by atoms with E-state index in [1.54, 1.807) is 31.2 Å². The average molecular weight is 426 g/mol. The Bertz CT molecular complexity index is 1420. The number of carbonyl (C=O) groups excluding carboxylic acids is 1. The lowest BCUT2D eigenvalue weighted by Crippen LogP contribution is -2.37. The molecule has 11 heteroatoms. The number of amides is 1. The van der Waals surface area contributed by atoms with Crippen LogP contribution < -0.4 is 16.6 Å². The molecule has 3 aromatic heterocycles. The van der Waals surface area contributed by atoms with E-state index in [1.165, 1.54) is 35.6 Å². The van der Waals surface area contributed by atoms with Crippen molar-refractivity contribution in [2.24, 2.45) is 14.1 Å². The summed E-state index contributed by atoms with van der Waals surface area (Å²) in [4.78, 5) is 45.4. The number of benzene rings is 1. The molecule has 152 valence electrons.